The Morgan fingerprint density at radius 1 is 1.06 bits per heavy atom. The van der Waals surface area contributed by atoms with Gasteiger partial charge in [0.1, 0.15) is 5.52 Å². The Labute approximate surface area is 209 Å². The fourth-order valence-corrected chi connectivity index (χ4v) is 5.41. The molecule has 0 bridgehead atoms. The molecular formula is C27H32N6O3. The summed E-state index contributed by atoms with van der Waals surface area (Å²) >= 11 is 0. The highest BCUT2D eigenvalue weighted by molar-refractivity contribution is 6.02. The van der Waals surface area contributed by atoms with E-state index in [-0.39, 0.29) is 17.8 Å². The van der Waals surface area contributed by atoms with Gasteiger partial charge in [0.25, 0.3) is 0 Å². The Balaban J connectivity index is 1.26. The molecule has 4 aromatic rings. The first kappa shape index (κ1) is 23.3. The Morgan fingerprint density at radius 3 is 2.61 bits per heavy atom. The van der Waals surface area contributed by atoms with Gasteiger partial charge < -0.3 is 14.4 Å². The van der Waals surface area contributed by atoms with Gasteiger partial charge in [-0.15, -0.1) is 10.2 Å². The van der Waals surface area contributed by atoms with Crippen molar-refractivity contribution in [2.45, 2.75) is 44.4 Å². The molecule has 1 aliphatic carbocycles. The SMILES string of the molecule is CO[C@H]1C[C@@H](n2c(=O)n(C)c3nnc4ccc(-c5ccc(COCCN6CCCC6)nc5)cc4c32)C1. The molecule has 36 heavy (non-hydrogen) atoms. The van der Waals surface area contributed by atoms with E-state index in [1.807, 2.05) is 29.0 Å². The standard InChI is InChI=1S/C27H32N6O3/c1-31-26-25(33(27(31)34)21-14-22(15-21)35-2)23-13-18(6-8-24(23)29-30-26)19-5-7-20(28-16-19)17-36-12-11-32-9-3-4-10-32/h5-8,13,16,21-22H,3-4,9-12,14-15,17H2,1-2H3/t21-,22+. The lowest BCUT2D eigenvalue weighted by Crippen LogP contribution is -2.37. The number of imidazole rings is 1. The Hall–Kier alpha value is -3.14. The van der Waals surface area contributed by atoms with Gasteiger partial charge in [-0.05, 0) is 62.5 Å². The number of benzene rings is 1. The third-order valence-corrected chi connectivity index (χ3v) is 7.69. The van der Waals surface area contributed by atoms with E-state index < -0.39 is 0 Å². The lowest BCUT2D eigenvalue weighted by atomic mass is 9.89. The van der Waals surface area contributed by atoms with Gasteiger partial charge in [-0.2, -0.15) is 0 Å². The van der Waals surface area contributed by atoms with Gasteiger partial charge in [0.15, 0.2) is 5.65 Å². The van der Waals surface area contributed by atoms with E-state index in [0.29, 0.717) is 12.3 Å². The van der Waals surface area contributed by atoms with Gasteiger partial charge in [-0.3, -0.25) is 14.1 Å². The third kappa shape index (κ3) is 4.21. The normalized spacial score (nSPS) is 20.4. The van der Waals surface area contributed by atoms with Crippen molar-refractivity contribution in [1.29, 1.82) is 0 Å². The molecule has 1 saturated heterocycles. The number of rotatable bonds is 8. The van der Waals surface area contributed by atoms with Crippen LogP contribution in [-0.4, -0.2) is 68.7 Å². The molecule has 0 radical (unpaired) electrons. The first-order chi connectivity index (χ1) is 17.6. The van der Waals surface area contributed by atoms with Gasteiger partial charge in [0.2, 0.25) is 0 Å². The van der Waals surface area contributed by atoms with E-state index >= 15 is 0 Å². The minimum absolute atomic E-state index is 0.0625. The van der Waals surface area contributed by atoms with Crippen molar-refractivity contribution >= 4 is 22.1 Å². The predicted molar refractivity (Wildman–Crippen MR) is 138 cm³/mol. The second kappa shape index (κ2) is 9.72. The Morgan fingerprint density at radius 2 is 1.86 bits per heavy atom. The zero-order valence-corrected chi connectivity index (χ0v) is 20.9. The molecule has 1 saturated carbocycles. The largest absolute Gasteiger partial charge is 0.381 e. The van der Waals surface area contributed by atoms with Crippen LogP contribution in [0.3, 0.4) is 0 Å². The second-order valence-corrected chi connectivity index (χ2v) is 9.94. The molecule has 0 unspecified atom stereocenters. The van der Waals surface area contributed by atoms with Crippen LogP contribution in [0.4, 0.5) is 0 Å². The molecule has 1 aliphatic heterocycles. The van der Waals surface area contributed by atoms with Crippen molar-refractivity contribution in [2.75, 3.05) is 33.4 Å². The average molecular weight is 489 g/mol. The molecule has 0 amide bonds. The number of fused-ring (bicyclic) bond motifs is 3. The van der Waals surface area contributed by atoms with Crippen LogP contribution in [0.15, 0.2) is 41.3 Å². The second-order valence-electron chi connectivity index (χ2n) is 9.94. The molecule has 9 heteroatoms. The number of pyridine rings is 1. The molecule has 4 heterocycles. The van der Waals surface area contributed by atoms with E-state index in [0.717, 1.165) is 59.2 Å². The molecule has 2 aliphatic rings. The van der Waals surface area contributed by atoms with Crippen molar-refractivity contribution in [3.63, 3.8) is 0 Å². The predicted octanol–water partition coefficient (Wildman–Crippen LogP) is 3.31. The molecule has 0 atom stereocenters. The van der Waals surface area contributed by atoms with Gasteiger partial charge in [0, 0.05) is 43.9 Å². The summed E-state index contributed by atoms with van der Waals surface area (Å²) in [6.45, 7) is 4.61. The monoisotopic (exact) mass is 488 g/mol. The van der Waals surface area contributed by atoms with E-state index in [4.69, 9.17) is 9.47 Å². The van der Waals surface area contributed by atoms with E-state index in [2.05, 4.69) is 32.2 Å². The van der Waals surface area contributed by atoms with Crippen molar-refractivity contribution in [3.8, 4) is 11.1 Å². The zero-order chi connectivity index (χ0) is 24.6. The Bertz CT molecular complexity index is 1430. The summed E-state index contributed by atoms with van der Waals surface area (Å²) < 4.78 is 14.8. The highest BCUT2D eigenvalue weighted by Gasteiger charge is 2.34. The molecule has 9 nitrogen and oxygen atoms in total. The molecule has 0 spiro atoms. The van der Waals surface area contributed by atoms with Crippen molar-refractivity contribution in [3.05, 3.63) is 52.7 Å². The average Bonchev–Trinajstić information content (AvgIpc) is 3.49. The van der Waals surface area contributed by atoms with E-state index in [1.165, 1.54) is 25.9 Å². The highest BCUT2D eigenvalue weighted by atomic mass is 16.5. The first-order valence-electron chi connectivity index (χ1n) is 12.8. The minimum atomic E-state index is -0.0625. The van der Waals surface area contributed by atoms with Crippen LogP contribution in [0.2, 0.25) is 0 Å². The van der Waals surface area contributed by atoms with Crippen molar-refractivity contribution < 1.29 is 9.47 Å². The van der Waals surface area contributed by atoms with Crippen LogP contribution in [0.5, 0.6) is 0 Å². The number of aromatic nitrogens is 5. The summed E-state index contributed by atoms with van der Waals surface area (Å²) in [5, 5.41) is 9.69. The zero-order valence-electron chi connectivity index (χ0n) is 20.9. The molecule has 188 valence electrons. The first-order valence-corrected chi connectivity index (χ1v) is 12.8. The lowest BCUT2D eigenvalue weighted by molar-refractivity contribution is 0.00635. The van der Waals surface area contributed by atoms with E-state index in [9.17, 15) is 4.79 Å². The number of hydrogen-bond acceptors (Lipinski definition) is 7. The van der Waals surface area contributed by atoms with Gasteiger partial charge >= 0.3 is 5.69 Å². The number of hydrogen-bond donors (Lipinski definition) is 0. The smallest absolute Gasteiger partial charge is 0.330 e. The quantitative estimate of drug-likeness (QED) is 0.352. The van der Waals surface area contributed by atoms with Crippen molar-refractivity contribution in [2.24, 2.45) is 7.05 Å². The molecule has 1 aromatic carbocycles. The third-order valence-electron chi connectivity index (χ3n) is 7.69. The molecule has 3 aromatic heterocycles. The number of likely N-dealkylation sites (tertiary alicyclic amines) is 1. The molecule has 6 rings (SSSR count). The maximum Gasteiger partial charge on any atom is 0.330 e. The number of methoxy groups -OCH3 is 1. The maximum absolute atomic E-state index is 13.1. The van der Waals surface area contributed by atoms with Crippen LogP contribution >= 0.6 is 0 Å². The summed E-state index contributed by atoms with van der Waals surface area (Å²) in [6, 6.07) is 10.3. The number of ether oxygens (including phenoxy) is 2. The summed E-state index contributed by atoms with van der Waals surface area (Å²) in [4.78, 5) is 20.2. The molecule has 0 N–H and O–H groups in total. The van der Waals surface area contributed by atoms with Crippen LogP contribution in [0.25, 0.3) is 33.2 Å². The summed E-state index contributed by atoms with van der Waals surface area (Å²) in [6.07, 6.45) is 6.33. The lowest BCUT2D eigenvalue weighted by Gasteiger charge is -2.34. The molecule has 2 fully saturated rings. The summed E-state index contributed by atoms with van der Waals surface area (Å²) in [5.41, 5.74) is 5.10. The van der Waals surface area contributed by atoms with Gasteiger partial charge in [-0.25, -0.2) is 4.79 Å². The van der Waals surface area contributed by atoms with Gasteiger partial charge in [0.05, 0.1) is 30.5 Å². The topological polar surface area (TPSA) is 87.3 Å². The fraction of sp³-hybridized carbons (Fsp3) is 0.481. The summed E-state index contributed by atoms with van der Waals surface area (Å²) in [7, 11) is 3.48. The van der Waals surface area contributed by atoms with Gasteiger partial charge in [-0.1, -0.05) is 12.1 Å². The van der Waals surface area contributed by atoms with Crippen LogP contribution in [0.1, 0.15) is 37.4 Å². The fourth-order valence-electron chi connectivity index (χ4n) is 5.41. The highest BCUT2D eigenvalue weighted by Crippen LogP contribution is 2.37. The minimum Gasteiger partial charge on any atom is -0.381 e. The van der Waals surface area contributed by atoms with Crippen molar-refractivity contribution in [1.82, 2.24) is 29.2 Å². The maximum atomic E-state index is 13.1. The summed E-state index contributed by atoms with van der Waals surface area (Å²) in [5.74, 6) is 0. The van der Waals surface area contributed by atoms with E-state index in [1.54, 1.807) is 18.7 Å². The molecular weight excluding hydrogens is 456 g/mol. The Kier molecular flexibility index (Phi) is 6.29. The van der Waals surface area contributed by atoms with Crippen LogP contribution in [-0.2, 0) is 23.1 Å². The number of nitrogens with zero attached hydrogens (tertiary/aromatic N) is 6. The van der Waals surface area contributed by atoms with Crippen LogP contribution in [0, 0.1) is 0 Å². The van der Waals surface area contributed by atoms with Crippen LogP contribution < -0.4 is 5.69 Å². The number of aryl methyl sites for hydroxylation is 1.